The second kappa shape index (κ2) is 5.66. The molecular weight excluding hydrogens is 288 g/mol. The first-order valence-electron chi connectivity index (χ1n) is 6.65. The Balaban J connectivity index is 1.95. The Labute approximate surface area is 127 Å². The van der Waals surface area contributed by atoms with Gasteiger partial charge in [0.25, 0.3) is 5.91 Å². The second-order valence-electron chi connectivity index (χ2n) is 4.87. The lowest BCUT2D eigenvalue weighted by Crippen LogP contribution is -2.22. The predicted octanol–water partition coefficient (Wildman–Crippen LogP) is 3.88. The summed E-state index contributed by atoms with van der Waals surface area (Å²) in [6.07, 6.45) is 1.19. The molecule has 0 aliphatic carbocycles. The molecule has 5 heteroatoms. The molecule has 0 N–H and O–H groups in total. The lowest BCUT2D eigenvalue weighted by molar-refractivity contribution is -0.114. The third kappa shape index (κ3) is 2.52. The second-order valence-corrected chi connectivity index (χ2v) is 7.68. The monoisotopic (exact) mass is 304 g/mol. The number of hydrogen-bond acceptors (Lipinski definition) is 4. The van der Waals surface area contributed by atoms with Crippen LogP contribution in [0.5, 0.6) is 0 Å². The molecule has 104 valence electrons. The largest absolute Gasteiger partial charge is 0.282 e. The van der Waals surface area contributed by atoms with Gasteiger partial charge in [0, 0.05) is 5.25 Å². The van der Waals surface area contributed by atoms with E-state index in [0.717, 1.165) is 27.0 Å². The van der Waals surface area contributed by atoms with Crippen molar-refractivity contribution in [2.45, 2.75) is 25.5 Å². The number of carbonyl (C=O) groups excluding carboxylic acids is 1. The lowest BCUT2D eigenvalue weighted by atomic mass is 10.2. The van der Waals surface area contributed by atoms with Crippen molar-refractivity contribution in [3.63, 3.8) is 0 Å². The molecule has 3 rings (SSSR count). The lowest BCUT2D eigenvalue weighted by Gasteiger charge is -2.21. The molecule has 1 fully saturated rings. The number of benzene rings is 1. The van der Waals surface area contributed by atoms with Crippen LogP contribution < -0.4 is 5.01 Å². The van der Waals surface area contributed by atoms with E-state index in [4.69, 9.17) is 0 Å². The Morgan fingerprint density at radius 2 is 2.05 bits per heavy atom. The van der Waals surface area contributed by atoms with E-state index in [1.807, 2.05) is 37.3 Å². The number of nitrogens with zero attached hydrogens (tertiary/aromatic N) is 2. The summed E-state index contributed by atoms with van der Waals surface area (Å²) in [5.41, 5.74) is 2.43. The summed E-state index contributed by atoms with van der Waals surface area (Å²) in [5.74, 6) is 1.08. The van der Waals surface area contributed by atoms with Gasteiger partial charge in [0.15, 0.2) is 0 Å². The molecule has 2 heterocycles. The maximum absolute atomic E-state index is 12.6. The summed E-state index contributed by atoms with van der Waals surface area (Å²) in [6.45, 7) is 4.13. The molecule has 1 aromatic rings. The van der Waals surface area contributed by atoms with Crippen LogP contribution in [0.2, 0.25) is 0 Å². The number of thioether (sulfide) groups is 2. The fourth-order valence-electron chi connectivity index (χ4n) is 2.21. The highest BCUT2D eigenvalue weighted by molar-refractivity contribution is 8.23. The van der Waals surface area contributed by atoms with Crippen molar-refractivity contribution in [2.24, 2.45) is 5.10 Å². The topological polar surface area (TPSA) is 32.7 Å². The molecule has 20 heavy (non-hydrogen) atoms. The van der Waals surface area contributed by atoms with E-state index in [-0.39, 0.29) is 5.91 Å². The molecule has 0 aromatic heterocycles. The smallest absolute Gasteiger partial charge is 0.267 e. The molecule has 1 atom stereocenters. The van der Waals surface area contributed by atoms with E-state index in [0.29, 0.717) is 5.25 Å². The van der Waals surface area contributed by atoms with E-state index in [1.54, 1.807) is 23.5 Å². The van der Waals surface area contributed by atoms with E-state index in [2.05, 4.69) is 12.0 Å². The van der Waals surface area contributed by atoms with Crippen molar-refractivity contribution >= 4 is 40.8 Å². The fourth-order valence-corrected chi connectivity index (χ4v) is 5.36. The first-order chi connectivity index (χ1) is 9.66. The maximum atomic E-state index is 12.6. The quantitative estimate of drug-likeness (QED) is 0.738. The van der Waals surface area contributed by atoms with Gasteiger partial charge in [-0.2, -0.15) is 10.1 Å². The summed E-state index contributed by atoms with van der Waals surface area (Å²) < 4.78 is 1.13. The summed E-state index contributed by atoms with van der Waals surface area (Å²) in [7, 11) is 0. The molecule has 1 unspecified atom stereocenters. The van der Waals surface area contributed by atoms with Gasteiger partial charge in [-0.3, -0.25) is 4.79 Å². The van der Waals surface area contributed by atoms with Gasteiger partial charge in [-0.05, 0) is 31.2 Å². The zero-order valence-corrected chi connectivity index (χ0v) is 13.1. The molecule has 0 bridgehead atoms. The zero-order valence-electron chi connectivity index (χ0n) is 11.5. The van der Waals surface area contributed by atoms with Crippen LogP contribution in [0.15, 0.2) is 45.2 Å². The van der Waals surface area contributed by atoms with Crippen LogP contribution in [0.3, 0.4) is 0 Å². The Morgan fingerprint density at radius 1 is 1.30 bits per heavy atom. The number of hydrogen-bond donors (Lipinski definition) is 0. The normalized spacial score (nSPS) is 26.9. The van der Waals surface area contributed by atoms with Crippen molar-refractivity contribution in [2.75, 3.05) is 10.8 Å². The third-order valence-electron chi connectivity index (χ3n) is 3.29. The van der Waals surface area contributed by atoms with Crippen LogP contribution in [0.4, 0.5) is 5.69 Å². The van der Waals surface area contributed by atoms with Crippen molar-refractivity contribution in [3.8, 4) is 0 Å². The van der Waals surface area contributed by atoms with Crippen molar-refractivity contribution in [3.05, 3.63) is 40.1 Å². The van der Waals surface area contributed by atoms with Gasteiger partial charge in [-0.25, -0.2) is 0 Å². The minimum Gasteiger partial charge on any atom is -0.267 e. The highest BCUT2D eigenvalue weighted by atomic mass is 32.2. The molecule has 0 spiro atoms. The molecule has 2 aliphatic rings. The average molecular weight is 304 g/mol. The number of hydrazone groups is 1. The molecular formula is C15H16N2OS2. The Hall–Kier alpha value is -1.20. The summed E-state index contributed by atoms with van der Waals surface area (Å²) >= 11 is 3.59. The van der Waals surface area contributed by atoms with Crippen LogP contribution in [-0.4, -0.2) is 22.6 Å². The van der Waals surface area contributed by atoms with Crippen LogP contribution >= 0.6 is 23.5 Å². The van der Waals surface area contributed by atoms with Crippen molar-refractivity contribution < 1.29 is 4.79 Å². The van der Waals surface area contributed by atoms with Crippen LogP contribution in [-0.2, 0) is 4.79 Å². The van der Waals surface area contributed by atoms with E-state index >= 15 is 0 Å². The van der Waals surface area contributed by atoms with Crippen LogP contribution in [0.25, 0.3) is 0 Å². The number of rotatable bonds is 1. The molecule has 2 aliphatic heterocycles. The van der Waals surface area contributed by atoms with E-state index in [1.165, 1.54) is 11.4 Å². The first-order valence-corrected chi connectivity index (χ1v) is 8.52. The number of anilines is 1. The number of para-hydroxylation sites is 1. The predicted molar refractivity (Wildman–Crippen MR) is 88.2 cm³/mol. The Bertz CT molecular complexity index is 595. The van der Waals surface area contributed by atoms with Gasteiger partial charge in [0.1, 0.15) is 0 Å². The molecule has 3 nitrogen and oxygen atoms in total. The Kier molecular flexibility index (Phi) is 3.89. The van der Waals surface area contributed by atoms with Gasteiger partial charge in [-0.15, -0.1) is 23.5 Å². The highest BCUT2D eigenvalue weighted by Gasteiger charge is 2.33. The molecule has 1 saturated heterocycles. The minimum atomic E-state index is -0.00204. The molecule has 1 aromatic carbocycles. The van der Waals surface area contributed by atoms with Crippen LogP contribution in [0.1, 0.15) is 20.3 Å². The van der Waals surface area contributed by atoms with Gasteiger partial charge < -0.3 is 0 Å². The fraction of sp³-hybridized carbons (Fsp3) is 0.333. The Morgan fingerprint density at radius 3 is 2.75 bits per heavy atom. The van der Waals surface area contributed by atoms with Gasteiger partial charge >= 0.3 is 0 Å². The summed E-state index contributed by atoms with van der Waals surface area (Å²) in [6, 6.07) is 9.60. The van der Waals surface area contributed by atoms with Gasteiger partial charge in [0.2, 0.25) is 0 Å². The molecule has 1 amide bonds. The average Bonchev–Trinajstić information content (AvgIpc) is 2.75. The highest BCUT2D eigenvalue weighted by Crippen LogP contribution is 2.43. The SMILES string of the molecule is CC1=NN(c2ccccc2)C(=O)/C1=C1\SCCC(C)S1. The molecule has 0 radical (unpaired) electrons. The molecule has 0 saturated carbocycles. The first kappa shape index (κ1) is 13.8. The number of amides is 1. The van der Waals surface area contributed by atoms with Crippen molar-refractivity contribution in [1.82, 2.24) is 0 Å². The van der Waals surface area contributed by atoms with Gasteiger partial charge in [0.05, 0.1) is 21.2 Å². The van der Waals surface area contributed by atoms with Crippen molar-refractivity contribution in [1.29, 1.82) is 0 Å². The maximum Gasteiger partial charge on any atom is 0.282 e. The zero-order chi connectivity index (χ0) is 14.1. The van der Waals surface area contributed by atoms with E-state index < -0.39 is 0 Å². The van der Waals surface area contributed by atoms with Gasteiger partial charge in [-0.1, -0.05) is 25.1 Å². The minimum absolute atomic E-state index is 0.00204. The number of carbonyl (C=O) groups is 1. The van der Waals surface area contributed by atoms with Crippen LogP contribution in [0, 0.1) is 0 Å². The summed E-state index contributed by atoms with van der Waals surface area (Å²) in [5, 5.41) is 6.52. The summed E-state index contributed by atoms with van der Waals surface area (Å²) in [4.78, 5) is 12.6. The van der Waals surface area contributed by atoms with E-state index in [9.17, 15) is 4.79 Å². The third-order valence-corrected chi connectivity index (χ3v) is 5.89. The standard InChI is InChI=1S/C15H16N2OS2/c1-10-8-9-19-15(20-10)13-11(2)16-17(14(13)18)12-6-4-3-5-7-12/h3-7,10H,8-9H2,1-2H3/b15-13+.